The predicted octanol–water partition coefficient (Wildman–Crippen LogP) is 2.55. The van der Waals surface area contributed by atoms with Crippen LogP contribution in [0.2, 0.25) is 0 Å². The van der Waals surface area contributed by atoms with Gasteiger partial charge in [0.25, 0.3) is 5.91 Å². The van der Waals surface area contributed by atoms with E-state index in [0.717, 1.165) is 0 Å². The summed E-state index contributed by atoms with van der Waals surface area (Å²) in [5.41, 5.74) is 1.75. The number of anilines is 3. The topological polar surface area (TPSA) is 114 Å². The lowest BCUT2D eigenvalue weighted by Gasteiger charge is -2.08. The molecular formula is C20H21N3O5. The van der Waals surface area contributed by atoms with Crippen molar-refractivity contribution >= 4 is 40.8 Å². The Kier molecular flexibility index (Phi) is 7.71. The van der Waals surface area contributed by atoms with E-state index in [0.29, 0.717) is 17.1 Å². The van der Waals surface area contributed by atoms with Gasteiger partial charge in [0.05, 0.1) is 6.42 Å². The molecule has 3 N–H and O–H groups in total. The molecule has 0 heterocycles. The summed E-state index contributed by atoms with van der Waals surface area (Å²) in [4.78, 5) is 46.2. The van der Waals surface area contributed by atoms with Gasteiger partial charge in [0.1, 0.15) is 0 Å². The molecule has 0 spiro atoms. The molecular weight excluding hydrogens is 362 g/mol. The molecule has 0 bridgehead atoms. The highest BCUT2D eigenvalue weighted by molar-refractivity contribution is 5.95. The third-order valence-corrected chi connectivity index (χ3v) is 3.47. The number of hydrogen-bond acceptors (Lipinski definition) is 5. The molecule has 0 aliphatic carbocycles. The molecule has 0 unspecified atom stereocenters. The van der Waals surface area contributed by atoms with Gasteiger partial charge in [-0.25, -0.2) is 0 Å². The van der Waals surface area contributed by atoms with E-state index in [4.69, 9.17) is 4.74 Å². The normalized spacial score (nSPS) is 9.89. The van der Waals surface area contributed by atoms with Crippen LogP contribution in [0.1, 0.15) is 19.8 Å². The maximum Gasteiger partial charge on any atom is 0.306 e. The van der Waals surface area contributed by atoms with Gasteiger partial charge in [0, 0.05) is 30.4 Å². The molecule has 2 aromatic rings. The van der Waals surface area contributed by atoms with Crippen LogP contribution in [0.3, 0.4) is 0 Å². The summed E-state index contributed by atoms with van der Waals surface area (Å²) in [7, 11) is 0. The highest BCUT2D eigenvalue weighted by atomic mass is 16.5. The third kappa shape index (κ3) is 7.69. The average molecular weight is 383 g/mol. The van der Waals surface area contributed by atoms with Crippen LogP contribution < -0.4 is 16.0 Å². The van der Waals surface area contributed by atoms with E-state index >= 15 is 0 Å². The zero-order valence-corrected chi connectivity index (χ0v) is 15.4. The number of carbonyl (C=O) groups is 4. The van der Waals surface area contributed by atoms with Crippen molar-refractivity contribution in [2.75, 3.05) is 22.6 Å². The van der Waals surface area contributed by atoms with E-state index in [9.17, 15) is 19.2 Å². The number of amides is 3. The number of para-hydroxylation sites is 1. The number of benzene rings is 2. The zero-order valence-electron chi connectivity index (χ0n) is 15.4. The van der Waals surface area contributed by atoms with Crippen LogP contribution in [0.15, 0.2) is 54.6 Å². The molecule has 0 aliphatic rings. The Balaban J connectivity index is 1.67. The Morgan fingerprint density at radius 1 is 0.714 bits per heavy atom. The molecule has 0 atom stereocenters. The first-order chi connectivity index (χ1) is 13.4. The lowest BCUT2D eigenvalue weighted by molar-refractivity contribution is -0.147. The second kappa shape index (κ2) is 10.5. The monoisotopic (exact) mass is 383 g/mol. The fourth-order valence-corrected chi connectivity index (χ4v) is 2.22. The second-order valence-corrected chi connectivity index (χ2v) is 5.88. The molecule has 2 rings (SSSR count). The second-order valence-electron chi connectivity index (χ2n) is 5.88. The fraction of sp³-hybridized carbons (Fsp3) is 0.200. The molecule has 3 amide bonds. The summed E-state index contributed by atoms with van der Waals surface area (Å²) in [6.07, 6.45) is -0.221. The average Bonchev–Trinajstić information content (AvgIpc) is 2.67. The van der Waals surface area contributed by atoms with Crippen molar-refractivity contribution in [1.82, 2.24) is 0 Å². The summed E-state index contributed by atoms with van der Waals surface area (Å²) in [5, 5.41) is 7.84. The fourth-order valence-electron chi connectivity index (χ4n) is 2.22. The first kappa shape index (κ1) is 20.6. The van der Waals surface area contributed by atoms with Crippen molar-refractivity contribution in [3.8, 4) is 0 Å². The smallest absolute Gasteiger partial charge is 0.306 e. The molecule has 28 heavy (non-hydrogen) atoms. The molecule has 0 aliphatic heterocycles. The molecule has 0 radical (unpaired) electrons. The number of nitrogens with one attached hydrogen (secondary N) is 3. The van der Waals surface area contributed by atoms with E-state index in [1.54, 1.807) is 48.5 Å². The number of rotatable bonds is 8. The number of ether oxygens (including phenoxy) is 1. The summed E-state index contributed by atoms with van der Waals surface area (Å²) >= 11 is 0. The summed E-state index contributed by atoms with van der Waals surface area (Å²) in [5.74, 6) is -1.65. The Labute approximate surface area is 162 Å². The van der Waals surface area contributed by atoms with E-state index < -0.39 is 18.5 Å². The van der Waals surface area contributed by atoms with E-state index in [2.05, 4.69) is 16.0 Å². The van der Waals surface area contributed by atoms with Gasteiger partial charge in [-0.1, -0.05) is 18.2 Å². The van der Waals surface area contributed by atoms with Crippen molar-refractivity contribution in [2.45, 2.75) is 19.8 Å². The quantitative estimate of drug-likeness (QED) is 0.606. The summed E-state index contributed by atoms with van der Waals surface area (Å²) in [6.45, 7) is 0.986. The maximum atomic E-state index is 11.9. The van der Waals surface area contributed by atoms with E-state index in [1.165, 1.54) is 6.92 Å². The standard InChI is InChI=1S/C20H21N3O5/c1-14(24)21-16-7-9-17(10-8-16)22-18(25)11-12-20(27)28-13-19(26)23-15-5-3-2-4-6-15/h2-10H,11-13H2,1H3,(H,21,24)(H,22,25)(H,23,26). The predicted molar refractivity (Wildman–Crippen MR) is 105 cm³/mol. The number of esters is 1. The Hall–Kier alpha value is -3.68. The van der Waals surface area contributed by atoms with E-state index in [-0.39, 0.29) is 24.7 Å². The molecule has 0 aromatic heterocycles. The zero-order chi connectivity index (χ0) is 20.4. The van der Waals surface area contributed by atoms with Crippen LogP contribution >= 0.6 is 0 Å². The number of hydrogen-bond donors (Lipinski definition) is 3. The number of carbonyl (C=O) groups excluding carboxylic acids is 4. The van der Waals surface area contributed by atoms with Crippen LogP contribution in [0.4, 0.5) is 17.1 Å². The van der Waals surface area contributed by atoms with Gasteiger partial charge in [0.15, 0.2) is 6.61 Å². The molecule has 8 heteroatoms. The van der Waals surface area contributed by atoms with Crippen LogP contribution in [-0.4, -0.2) is 30.3 Å². The lowest BCUT2D eigenvalue weighted by Crippen LogP contribution is -2.21. The van der Waals surface area contributed by atoms with E-state index in [1.807, 2.05) is 6.07 Å². The maximum absolute atomic E-state index is 11.9. The minimum atomic E-state index is -0.639. The van der Waals surface area contributed by atoms with Gasteiger partial charge < -0.3 is 20.7 Å². The molecule has 0 saturated heterocycles. The minimum absolute atomic E-state index is 0.0768. The van der Waals surface area contributed by atoms with Crippen molar-refractivity contribution in [3.05, 3.63) is 54.6 Å². The van der Waals surface area contributed by atoms with Gasteiger partial charge in [-0.05, 0) is 36.4 Å². The van der Waals surface area contributed by atoms with Gasteiger partial charge in [-0.15, -0.1) is 0 Å². The van der Waals surface area contributed by atoms with Crippen molar-refractivity contribution in [1.29, 1.82) is 0 Å². The highest BCUT2D eigenvalue weighted by Crippen LogP contribution is 2.14. The summed E-state index contributed by atoms with van der Waals surface area (Å²) < 4.78 is 4.86. The van der Waals surface area contributed by atoms with Crippen LogP contribution in [0, 0.1) is 0 Å². The van der Waals surface area contributed by atoms with Gasteiger partial charge >= 0.3 is 5.97 Å². The minimum Gasteiger partial charge on any atom is -0.456 e. The van der Waals surface area contributed by atoms with Gasteiger partial charge in [-0.2, -0.15) is 0 Å². The molecule has 2 aromatic carbocycles. The van der Waals surface area contributed by atoms with Crippen molar-refractivity contribution in [2.24, 2.45) is 0 Å². The molecule has 146 valence electrons. The van der Waals surface area contributed by atoms with Crippen LogP contribution in [0.5, 0.6) is 0 Å². The third-order valence-electron chi connectivity index (χ3n) is 3.47. The first-order valence-corrected chi connectivity index (χ1v) is 8.60. The molecule has 0 fully saturated rings. The first-order valence-electron chi connectivity index (χ1n) is 8.60. The molecule has 8 nitrogen and oxygen atoms in total. The van der Waals surface area contributed by atoms with Crippen LogP contribution in [-0.2, 0) is 23.9 Å². The van der Waals surface area contributed by atoms with Crippen molar-refractivity contribution < 1.29 is 23.9 Å². The molecule has 0 saturated carbocycles. The lowest BCUT2D eigenvalue weighted by atomic mass is 10.2. The van der Waals surface area contributed by atoms with Gasteiger partial charge in [-0.3, -0.25) is 19.2 Å². The van der Waals surface area contributed by atoms with Crippen molar-refractivity contribution in [3.63, 3.8) is 0 Å². The SMILES string of the molecule is CC(=O)Nc1ccc(NC(=O)CCC(=O)OCC(=O)Nc2ccccc2)cc1. The van der Waals surface area contributed by atoms with Crippen LogP contribution in [0.25, 0.3) is 0 Å². The Morgan fingerprint density at radius 3 is 1.86 bits per heavy atom. The Bertz CT molecular complexity index is 835. The Morgan fingerprint density at radius 2 is 1.25 bits per heavy atom. The van der Waals surface area contributed by atoms with Gasteiger partial charge in [0.2, 0.25) is 11.8 Å². The largest absolute Gasteiger partial charge is 0.456 e. The highest BCUT2D eigenvalue weighted by Gasteiger charge is 2.11. The summed E-state index contributed by atoms with van der Waals surface area (Å²) in [6, 6.07) is 15.4.